The standard InChI is InChI=1S/C23H22N8O3S/c1-28-20-13-24-19-5-3-15(16-4-6-21(25-12-16)30-10-8-26-27-30)11-18(19)22(20)31(23(28)32)17-7-9-29(14-17)35(2,33)34/h3-6,8,10-13,17H,7,9,14H2,1-2H3/t17-/m0/s1. The summed E-state index contributed by atoms with van der Waals surface area (Å²) in [5.74, 6) is 0.657. The van der Waals surface area contributed by atoms with E-state index in [0.29, 0.717) is 24.3 Å². The maximum absolute atomic E-state index is 13.3. The topological polar surface area (TPSA) is 121 Å². The van der Waals surface area contributed by atoms with Crippen molar-refractivity contribution in [2.75, 3.05) is 19.3 Å². The minimum absolute atomic E-state index is 0.182. The molecule has 4 aromatic heterocycles. The summed E-state index contributed by atoms with van der Waals surface area (Å²) >= 11 is 0. The highest BCUT2D eigenvalue weighted by atomic mass is 32.2. The third-order valence-electron chi connectivity index (χ3n) is 6.61. The molecule has 5 aromatic rings. The molecule has 0 amide bonds. The minimum atomic E-state index is -3.33. The summed E-state index contributed by atoms with van der Waals surface area (Å²) in [6, 6.07) is 9.48. The molecule has 0 unspecified atom stereocenters. The molecule has 0 saturated carbocycles. The fourth-order valence-corrected chi connectivity index (χ4v) is 5.67. The van der Waals surface area contributed by atoms with Crippen LogP contribution in [0.1, 0.15) is 12.5 Å². The smallest absolute Gasteiger partial charge is 0.293 e. The average molecular weight is 491 g/mol. The van der Waals surface area contributed by atoms with E-state index in [2.05, 4.69) is 20.3 Å². The number of hydrogen-bond donors (Lipinski definition) is 0. The van der Waals surface area contributed by atoms with Gasteiger partial charge in [0.15, 0.2) is 5.82 Å². The largest absolute Gasteiger partial charge is 0.329 e. The first kappa shape index (κ1) is 21.6. The van der Waals surface area contributed by atoms with Gasteiger partial charge < -0.3 is 0 Å². The number of benzene rings is 1. The quantitative estimate of drug-likeness (QED) is 0.376. The molecule has 1 fully saturated rings. The normalized spacial score (nSPS) is 17.0. The highest BCUT2D eigenvalue weighted by molar-refractivity contribution is 7.88. The van der Waals surface area contributed by atoms with Crippen LogP contribution in [-0.2, 0) is 17.1 Å². The molecular formula is C23H22N8O3S. The zero-order valence-corrected chi connectivity index (χ0v) is 19.9. The van der Waals surface area contributed by atoms with E-state index in [4.69, 9.17) is 0 Å². The molecule has 35 heavy (non-hydrogen) atoms. The van der Waals surface area contributed by atoms with Gasteiger partial charge in [-0.2, -0.15) is 0 Å². The molecule has 0 bridgehead atoms. The Kier molecular flexibility index (Phi) is 4.83. The molecule has 11 nitrogen and oxygen atoms in total. The number of aromatic nitrogens is 7. The Hall–Kier alpha value is -3.90. The minimum Gasteiger partial charge on any atom is -0.293 e. The van der Waals surface area contributed by atoms with Gasteiger partial charge in [-0.15, -0.1) is 5.10 Å². The zero-order chi connectivity index (χ0) is 24.3. The van der Waals surface area contributed by atoms with Gasteiger partial charge in [0.25, 0.3) is 0 Å². The van der Waals surface area contributed by atoms with Crippen LogP contribution in [-0.4, -0.2) is 66.2 Å². The number of imidazole rings is 1. The Bertz CT molecular complexity index is 1740. The van der Waals surface area contributed by atoms with Crippen LogP contribution in [0.5, 0.6) is 0 Å². The highest BCUT2D eigenvalue weighted by Gasteiger charge is 2.32. The van der Waals surface area contributed by atoms with Gasteiger partial charge in [0, 0.05) is 37.3 Å². The fourth-order valence-electron chi connectivity index (χ4n) is 4.79. The van der Waals surface area contributed by atoms with E-state index in [-0.39, 0.29) is 18.3 Å². The lowest BCUT2D eigenvalue weighted by Gasteiger charge is -2.15. The van der Waals surface area contributed by atoms with Crippen molar-refractivity contribution in [3.05, 3.63) is 65.6 Å². The number of rotatable bonds is 4. The second kappa shape index (κ2) is 7.82. The van der Waals surface area contributed by atoms with Crippen LogP contribution in [0.3, 0.4) is 0 Å². The van der Waals surface area contributed by atoms with Gasteiger partial charge in [-0.25, -0.2) is 27.2 Å². The fraction of sp³-hybridized carbons (Fsp3) is 0.261. The summed E-state index contributed by atoms with van der Waals surface area (Å²) in [6.07, 6.45) is 8.56. The SMILES string of the molecule is Cn1c(=O)n([C@H]2CCN(S(C)(=O)=O)C2)c2c3cc(-c4ccc(-n5ccnn5)nc4)ccc3ncc21. The van der Waals surface area contributed by atoms with Crippen molar-refractivity contribution in [3.63, 3.8) is 0 Å². The Morgan fingerprint density at radius 1 is 1.06 bits per heavy atom. The number of fused-ring (bicyclic) bond motifs is 3. The molecule has 0 aliphatic carbocycles. The van der Waals surface area contributed by atoms with Crippen LogP contribution in [0.2, 0.25) is 0 Å². The van der Waals surface area contributed by atoms with Crippen LogP contribution >= 0.6 is 0 Å². The van der Waals surface area contributed by atoms with Crippen molar-refractivity contribution in [2.45, 2.75) is 12.5 Å². The molecule has 1 atom stereocenters. The van der Waals surface area contributed by atoms with Crippen molar-refractivity contribution in [1.29, 1.82) is 0 Å². The molecule has 0 radical (unpaired) electrons. The van der Waals surface area contributed by atoms with Gasteiger partial charge in [0.05, 0.1) is 47.4 Å². The number of sulfonamides is 1. The third-order valence-corrected chi connectivity index (χ3v) is 7.88. The third kappa shape index (κ3) is 3.53. The van der Waals surface area contributed by atoms with Crippen molar-refractivity contribution < 1.29 is 8.42 Å². The van der Waals surface area contributed by atoms with Gasteiger partial charge in [-0.05, 0) is 36.2 Å². The van der Waals surface area contributed by atoms with Crippen LogP contribution in [0.4, 0.5) is 0 Å². The molecule has 6 rings (SSSR count). The lowest BCUT2D eigenvalue weighted by Crippen LogP contribution is -2.31. The summed E-state index contributed by atoms with van der Waals surface area (Å²) in [6.45, 7) is 0.666. The van der Waals surface area contributed by atoms with E-state index in [0.717, 1.165) is 27.5 Å². The molecule has 0 spiro atoms. The first-order valence-corrected chi connectivity index (χ1v) is 12.9. The monoisotopic (exact) mass is 490 g/mol. The van der Waals surface area contributed by atoms with E-state index in [9.17, 15) is 13.2 Å². The summed E-state index contributed by atoms with van der Waals surface area (Å²) in [5.41, 5.74) is 3.87. The van der Waals surface area contributed by atoms with Crippen molar-refractivity contribution in [2.24, 2.45) is 7.05 Å². The first-order chi connectivity index (χ1) is 16.8. The Morgan fingerprint density at radius 3 is 2.57 bits per heavy atom. The molecule has 0 N–H and O–H groups in total. The maximum Gasteiger partial charge on any atom is 0.329 e. The van der Waals surface area contributed by atoms with Gasteiger partial charge in [0.1, 0.15) is 0 Å². The van der Waals surface area contributed by atoms with Crippen LogP contribution in [0.25, 0.3) is 38.9 Å². The Balaban J connectivity index is 1.49. The number of aryl methyl sites for hydroxylation is 1. The maximum atomic E-state index is 13.3. The number of hydrogen-bond acceptors (Lipinski definition) is 7. The second-order valence-electron chi connectivity index (χ2n) is 8.75. The van der Waals surface area contributed by atoms with Gasteiger partial charge in [-0.3, -0.25) is 14.1 Å². The summed E-state index contributed by atoms with van der Waals surface area (Å²) < 4.78 is 30.5. The van der Waals surface area contributed by atoms with Gasteiger partial charge in [-0.1, -0.05) is 11.3 Å². The predicted octanol–water partition coefficient (Wildman–Crippen LogP) is 1.74. The Morgan fingerprint density at radius 2 is 1.89 bits per heavy atom. The molecular weight excluding hydrogens is 468 g/mol. The van der Waals surface area contributed by atoms with E-state index >= 15 is 0 Å². The van der Waals surface area contributed by atoms with Gasteiger partial charge >= 0.3 is 5.69 Å². The van der Waals surface area contributed by atoms with Crippen molar-refractivity contribution in [3.8, 4) is 16.9 Å². The zero-order valence-electron chi connectivity index (χ0n) is 19.1. The van der Waals surface area contributed by atoms with Gasteiger partial charge in [0.2, 0.25) is 10.0 Å². The van der Waals surface area contributed by atoms with Crippen LogP contribution < -0.4 is 5.69 Å². The van der Waals surface area contributed by atoms with Crippen LogP contribution in [0, 0.1) is 0 Å². The molecule has 1 aliphatic heterocycles. The molecule has 178 valence electrons. The number of pyridine rings is 2. The summed E-state index contributed by atoms with van der Waals surface area (Å²) in [7, 11) is -1.61. The highest BCUT2D eigenvalue weighted by Crippen LogP contribution is 2.32. The first-order valence-electron chi connectivity index (χ1n) is 11.1. The molecule has 1 saturated heterocycles. The summed E-state index contributed by atoms with van der Waals surface area (Å²) in [4.78, 5) is 22.4. The van der Waals surface area contributed by atoms with E-state index in [1.807, 2.05) is 30.3 Å². The number of nitrogens with zero attached hydrogens (tertiary/aromatic N) is 8. The molecule has 12 heteroatoms. The molecule has 1 aliphatic rings. The van der Waals surface area contributed by atoms with E-state index < -0.39 is 10.0 Å². The molecule has 5 heterocycles. The lowest BCUT2D eigenvalue weighted by molar-refractivity contribution is 0.454. The summed E-state index contributed by atoms with van der Waals surface area (Å²) in [5, 5.41) is 8.60. The lowest BCUT2D eigenvalue weighted by atomic mass is 10.0. The van der Waals surface area contributed by atoms with Crippen molar-refractivity contribution in [1.82, 2.24) is 38.4 Å². The van der Waals surface area contributed by atoms with E-state index in [1.54, 1.807) is 45.7 Å². The van der Waals surface area contributed by atoms with E-state index in [1.165, 1.54) is 10.6 Å². The predicted molar refractivity (Wildman–Crippen MR) is 131 cm³/mol. The van der Waals surface area contributed by atoms with Crippen molar-refractivity contribution >= 4 is 32.0 Å². The average Bonchev–Trinajstić information content (AvgIpc) is 3.60. The Labute approximate surface area is 200 Å². The van der Waals surface area contributed by atoms with Crippen LogP contribution in [0.15, 0.2) is 59.9 Å². The second-order valence-corrected chi connectivity index (χ2v) is 10.7. The molecule has 1 aromatic carbocycles.